The minimum Gasteiger partial charge on any atom is -0.486 e. The summed E-state index contributed by atoms with van der Waals surface area (Å²) in [7, 11) is -0.533. The van der Waals surface area contributed by atoms with E-state index in [4.69, 9.17) is 18.5 Å². The van der Waals surface area contributed by atoms with E-state index in [1.54, 1.807) is 0 Å². The van der Waals surface area contributed by atoms with E-state index < -0.39 is 18.3 Å². The van der Waals surface area contributed by atoms with Crippen LogP contribution in [0, 0.1) is 13.8 Å². The molecule has 37 heavy (non-hydrogen) atoms. The van der Waals surface area contributed by atoms with Crippen LogP contribution in [0.3, 0.4) is 0 Å². The zero-order chi connectivity index (χ0) is 26.5. The van der Waals surface area contributed by atoms with Gasteiger partial charge in [0.2, 0.25) is 5.88 Å². The molecule has 0 saturated carbocycles. The van der Waals surface area contributed by atoms with Crippen molar-refractivity contribution in [2.45, 2.75) is 85.0 Å². The van der Waals surface area contributed by atoms with Crippen LogP contribution in [0.5, 0.6) is 5.75 Å². The minimum atomic E-state index is -0.533. The molecular formula is C30H38BNO5. The second kappa shape index (κ2) is 9.52. The third-order valence-corrected chi connectivity index (χ3v) is 8.18. The largest absolute Gasteiger partial charge is 0.498 e. The van der Waals surface area contributed by atoms with E-state index in [-0.39, 0.29) is 11.5 Å². The molecule has 1 aromatic heterocycles. The third-order valence-electron chi connectivity index (χ3n) is 8.18. The Morgan fingerprint density at radius 3 is 2.30 bits per heavy atom. The fourth-order valence-corrected chi connectivity index (χ4v) is 5.26. The minimum absolute atomic E-state index is 0.0246. The van der Waals surface area contributed by atoms with Gasteiger partial charge in [0.1, 0.15) is 17.4 Å². The van der Waals surface area contributed by atoms with Crippen molar-refractivity contribution in [3.63, 3.8) is 0 Å². The molecule has 1 atom stereocenters. The van der Waals surface area contributed by atoms with Gasteiger partial charge in [0.05, 0.1) is 22.2 Å². The van der Waals surface area contributed by atoms with Gasteiger partial charge in [0, 0.05) is 24.1 Å². The lowest BCUT2D eigenvalue weighted by Crippen LogP contribution is -2.41. The number of hydrogen-bond donors (Lipinski definition) is 0. The molecule has 0 amide bonds. The first kappa shape index (κ1) is 25.9. The SMILES string of the molecule is Cc1cc(C(C)Oc2ccccc2B2OC(C)(C)C(C)(C)O2)c2oc(N3CCCCC3)c(C)c(=O)c2c1. The van der Waals surface area contributed by atoms with Crippen molar-refractivity contribution >= 4 is 29.4 Å². The molecule has 2 aromatic carbocycles. The summed E-state index contributed by atoms with van der Waals surface area (Å²) in [5.41, 5.74) is 3.09. The highest BCUT2D eigenvalue weighted by Crippen LogP contribution is 2.38. The van der Waals surface area contributed by atoms with Crippen molar-refractivity contribution in [3.8, 4) is 5.75 Å². The van der Waals surface area contributed by atoms with Gasteiger partial charge in [0.15, 0.2) is 5.43 Å². The molecule has 0 N–H and O–H groups in total. The van der Waals surface area contributed by atoms with E-state index in [0.29, 0.717) is 28.2 Å². The normalized spacial score (nSPS) is 19.9. The van der Waals surface area contributed by atoms with Crippen molar-refractivity contribution in [1.82, 2.24) is 0 Å². The van der Waals surface area contributed by atoms with Crippen molar-refractivity contribution < 1.29 is 18.5 Å². The van der Waals surface area contributed by atoms with E-state index in [0.717, 1.165) is 42.5 Å². The summed E-state index contributed by atoms with van der Waals surface area (Å²) in [5, 5.41) is 0.600. The Labute approximate surface area is 220 Å². The van der Waals surface area contributed by atoms with Gasteiger partial charge in [-0.15, -0.1) is 0 Å². The number of rotatable bonds is 5. The number of anilines is 1. The predicted octanol–water partition coefficient (Wildman–Crippen LogP) is 5.84. The maximum atomic E-state index is 13.5. The van der Waals surface area contributed by atoms with Crippen LogP contribution in [0.25, 0.3) is 11.0 Å². The Morgan fingerprint density at radius 1 is 0.973 bits per heavy atom. The fraction of sp³-hybridized carbons (Fsp3) is 0.500. The average molecular weight is 503 g/mol. The monoisotopic (exact) mass is 503 g/mol. The summed E-state index contributed by atoms with van der Waals surface area (Å²) in [5.74, 6) is 1.38. The second-order valence-electron chi connectivity index (χ2n) is 11.5. The Morgan fingerprint density at radius 2 is 1.62 bits per heavy atom. The Kier molecular flexibility index (Phi) is 6.65. The molecular weight excluding hydrogens is 465 g/mol. The van der Waals surface area contributed by atoms with Crippen molar-refractivity contribution in [3.05, 3.63) is 63.3 Å². The summed E-state index contributed by atoms with van der Waals surface area (Å²) in [6.07, 6.45) is 3.06. The first-order valence-corrected chi connectivity index (χ1v) is 13.4. The maximum absolute atomic E-state index is 13.5. The number of benzene rings is 2. The standard InChI is InChI=1S/C30H38BNO5/c1-19-17-22(27-23(18-19)26(33)20(2)28(35-27)32-15-11-8-12-16-32)21(3)34-25-14-10-9-13-24(25)31-36-29(4,5)30(6,7)37-31/h9-10,13-14,17-18,21H,8,11-12,15-16H2,1-7H3. The van der Waals surface area contributed by atoms with E-state index in [1.165, 1.54) is 6.42 Å². The van der Waals surface area contributed by atoms with Gasteiger partial charge < -0.3 is 23.4 Å². The summed E-state index contributed by atoms with van der Waals surface area (Å²) in [6, 6.07) is 11.8. The van der Waals surface area contributed by atoms with Gasteiger partial charge in [-0.25, -0.2) is 0 Å². The van der Waals surface area contributed by atoms with Crippen LogP contribution in [0.2, 0.25) is 0 Å². The number of aryl methyl sites for hydroxylation is 1. The topological polar surface area (TPSA) is 61.1 Å². The zero-order valence-electron chi connectivity index (χ0n) is 23.1. The molecule has 0 spiro atoms. The van der Waals surface area contributed by atoms with Crippen LogP contribution >= 0.6 is 0 Å². The van der Waals surface area contributed by atoms with Gasteiger partial charge in [-0.1, -0.05) is 18.2 Å². The molecule has 6 nitrogen and oxygen atoms in total. The lowest BCUT2D eigenvalue weighted by Gasteiger charge is -2.32. The third kappa shape index (κ3) is 4.68. The first-order chi connectivity index (χ1) is 17.5. The Balaban J connectivity index is 1.53. The number of para-hydroxylation sites is 1. The van der Waals surface area contributed by atoms with Gasteiger partial charge >= 0.3 is 7.12 Å². The fourth-order valence-electron chi connectivity index (χ4n) is 5.26. The van der Waals surface area contributed by atoms with Crippen molar-refractivity contribution in [2.75, 3.05) is 18.0 Å². The second-order valence-corrected chi connectivity index (χ2v) is 11.5. The molecule has 196 valence electrons. The number of ether oxygens (including phenoxy) is 1. The van der Waals surface area contributed by atoms with Crippen molar-refractivity contribution in [1.29, 1.82) is 0 Å². The molecule has 2 fully saturated rings. The molecule has 1 unspecified atom stereocenters. The maximum Gasteiger partial charge on any atom is 0.498 e. The zero-order valence-corrected chi connectivity index (χ0v) is 23.1. The number of nitrogens with zero attached hydrogens (tertiary/aromatic N) is 1. The summed E-state index contributed by atoms with van der Waals surface area (Å²) >= 11 is 0. The van der Waals surface area contributed by atoms with Gasteiger partial charge in [-0.2, -0.15) is 0 Å². The lowest BCUT2D eigenvalue weighted by molar-refractivity contribution is 0.00578. The molecule has 0 bridgehead atoms. The van der Waals surface area contributed by atoms with Gasteiger partial charge in [-0.05, 0) is 91.5 Å². The molecule has 0 radical (unpaired) electrons. The van der Waals surface area contributed by atoms with Crippen LogP contribution in [-0.4, -0.2) is 31.4 Å². The van der Waals surface area contributed by atoms with Crippen LogP contribution < -0.4 is 20.5 Å². The van der Waals surface area contributed by atoms with Crippen LogP contribution in [0.15, 0.2) is 45.6 Å². The van der Waals surface area contributed by atoms with Crippen molar-refractivity contribution in [2.24, 2.45) is 0 Å². The molecule has 0 aliphatic carbocycles. The van der Waals surface area contributed by atoms with E-state index in [2.05, 4.69) is 11.0 Å². The van der Waals surface area contributed by atoms with E-state index >= 15 is 0 Å². The molecule has 3 aromatic rings. The molecule has 3 heterocycles. The summed E-state index contributed by atoms with van der Waals surface area (Å²) < 4.78 is 25.7. The lowest BCUT2D eigenvalue weighted by atomic mass is 9.78. The Bertz CT molecular complexity index is 1360. The molecule has 5 rings (SSSR count). The number of hydrogen-bond acceptors (Lipinski definition) is 6. The van der Waals surface area contributed by atoms with Crippen LogP contribution in [-0.2, 0) is 9.31 Å². The summed E-state index contributed by atoms with van der Waals surface area (Å²) in [4.78, 5) is 15.7. The average Bonchev–Trinajstić information content (AvgIpc) is 3.08. The number of piperidine rings is 1. The molecule has 2 aliphatic heterocycles. The van der Waals surface area contributed by atoms with E-state index in [1.807, 2.05) is 78.8 Å². The van der Waals surface area contributed by atoms with Crippen LogP contribution in [0.4, 0.5) is 5.88 Å². The van der Waals surface area contributed by atoms with Gasteiger partial charge in [0.25, 0.3) is 0 Å². The van der Waals surface area contributed by atoms with Gasteiger partial charge in [-0.3, -0.25) is 4.79 Å². The Hall–Kier alpha value is -2.77. The smallest absolute Gasteiger partial charge is 0.486 e. The summed E-state index contributed by atoms with van der Waals surface area (Å²) in [6.45, 7) is 15.9. The molecule has 7 heteroatoms. The quantitative estimate of drug-likeness (QED) is 0.408. The number of fused-ring (bicyclic) bond motifs is 1. The molecule has 2 aliphatic rings. The highest BCUT2D eigenvalue weighted by atomic mass is 16.7. The van der Waals surface area contributed by atoms with Crippen LogP contribution in [0.1, 0.15) is 76.7 Å². The van der Waals surface area contributed by atoms with E-state index in [9.17, 15) is 4.79 Å². The predicted molar refractivity (Wildman–Crippen MR) is 149 cm³/mol. The first-order valence-electron chi connectivity index (χ1n) is 13.4. The molecule has 2 saturated heterocycles. The highest BCUT2D eigenvalue weighted by molar-refractivity contribution is 6.63. The highest BCUT2D eigenvalue weighted by Gasteiger charge is 2.52.